The molecule has 0 unspecified atom stereocenters. The van der Waals surface area contributed by atoms with E-state index >= 15 is 0 Å². The maximum absolute atomic E-state index is 11.5. The van der Waals surface area contributed by atoms with Gasteiger partial charge in [-0.2, -0.15) is 0 Å². The highest BCUT2D eigenvalue weighted by Gasteiger charge is 2.34. The molecule has 0 spiro atoms. The van der Waals surface area contributed by atoms with E-state index < -0.39 is 12.2 Å². The Morgan fingerprint density at radius 3 is 2.20 bits per heavy atom. The average molecular weight is 354 g/mol. The summed E-state index contributed by atoms with van der Waals surface area (Å²) in [5.74, 6) is -0.202. The minimum absolute atomic E-state index is 0.110. The van der Waals surface area contributed by atoms with Gasteiger partial charge in [-0.1, -0.05) is 32.6 Å². The first-order chi connectivity index (χ1) is 12.0. The number of carbonyl (C=O) groups is 1. The van der Waals surface area contributed by atoms with Gasteiger partial charge in [0.15, 0.2) is 0 Å². The van der Waals surface area contributed by atoms with Crippen LogP contribution in [0.4, 0.5) is 0 Å². The summed E-state index contributed by atoms with van der Waals surface area (Å²) in [6.45, 7) is 4.01. The standard InChI is InChI=1S/C20H34O5/c1-3-4-5-9-16(21)18-11-12-19(25-18)17(22)10-7-6-8-15-13-14(2)24-20(15)23/h13-14,16-19,21-22H,3-12H2,1-2H3/t14-,16-,17+,18-,19+/m0/s1. The van der Waals surface area contributed by atoms with Crippen molar-refractivity contribution in [3.63, 3.8) is 0 Å². The van der Waals surface area contributed by atoms with Crippen LogP contribution in [0, 0.1) is 0 Å². The van der Waals surface area contributed by atoms with Crippen molar-refractivity contribution in [1.82, 2.24) is 0 Å². The van der Waals surface area contributed by atoms with Crippen molar-refractivity contribution >= 4 is 5.97 Å². The smallest absolute Gasteiger partial charge is 0.334 e. The van der Waals surface area contributed by atoms with Gasteiger partial charge in [-0.15, -0.1) is 0 Å². The third-order valence-electron chi connectivity index (χ3n) is 5.23. The number of hydrogen-bond acceptors (Lipinski definition) is 5. The quantitative estimate of drug-likeness (QED) is 0.440. The van der Waals surface area contributed by atoms with Crippen molar-refractivity contribution in [3.05, 3.63) is 11.6 Å². The van der Waals surface area contributed by atoms with E-state index in [-0.39, 0.29) is 24.3 Å². The van der Waals surface area contributed by atoms with E-state index in [1.54, 1.807) is 0 Å². The van der Waals surface area contributed by atoms with E-state index in [0.29, 0.717) is 12.8 Å². The molecule has 0 saturated carbocycles. The summed E-state index contributed by atoms with van der Waals surface area (Å²) in [6.07, 6.45) is 9.39. The Labute approximate surface area is 151 Å². The summed E-state index contributed by atoms with van der Waals surface area (Å²) in [5.41, 5.74) is 0.759. The molecule has 144 valence electrons. The number of hydrogen-bond donors (Lipinski definition) is 2. The highest BCUT2D eigenvalue weighted by Crippen LogP contribution is 2.28. The Bertz CT molecular complexity index is 447. The first-order valence-electron chi connectivity index (χ1n) is 9.94. The number of carbonyl (C=O) groups excluding carboxylic acids is 1. The number of unbranched alkanes of at least 4 members (excludes halogenated alkanes) is 3. The SMILES string of the molecule is CCCCC[C@H](O)[C@@H]1CC[C@H]([C@H](O)CCCCC2=C[C@H](C)OC2=O)O1. The Hall–Kier alpha value is -0.910. The van der Waals surface area contributed by atoms with Crippen molar-refractivity contribution in [2.24, 2.45) is 0 Å². The summed E-state index contributed by atoms with van der Waals surface area (Å²) >= 11 is 0. The van der Waals surface area contributed by atoms with E-state index in [1.807, 2.05) is 13.0 Å². The lowest BCUT2D eigenvalue weighted by atomic mass is 10.0. The minimum atomic E-state index is -0.490. The molecule has 1 saturated heterocycles. The lowest BCUT2D eigenvalue weighted by Gasteiger charge is -2.22. The highest BCUT2D eigenvalue weighted by atomic mass is 16.5. The lowest BCUT2D eigenvalue weighted by Crippen LogP contribution is -2.31. The third-order valence-corrected chi connectivity index (χ3v) is 5.23. The van der Waals surface area contributed by atoms with Crippen LogP contribution in [-0.2, 0) is 14.3 Å². The molecule has 5 nitrogen and oxygen atoms in total. The summed E-state index contributed by atoms with van der Waals surface area (Å²) in [7, 11) is 0. The maximum Gasteiger partial charge on any atom is 0.334 e. The summed E-state index contributed by atoms with van der Waals surface area (Å²) in [6, 6.07) is 0. The number of esters is 1. The second-order valence-electron chi connectivity index (χ2n) is 7.47. The van der Waals surface area contributed by atoms with Gasteiger partial charge in [0.25, 0.3) is 0 Å². The van der Waals surface area contributed by atoms with Gasteiger partial charge in [0.05, 0.1) is 24.4 Å². The third kappa shape index (κ3) is 6.39. The molecule has 1 fully saturated rings. The van der Waals surface area contributed by atoms with Gasteiger partial charge in [0.2, 0.25) is 0 Å². The molecule has 2 N–H and O–H groups in total. The number of rotatable bonds is 11. The zero-order valence-corrected chi connectivity index (χ0v) is 15.7. The number of ether oxygens (including phenoxy) is 2. The molecule has 0 radical (unpaired) electrons. The van der Waals surface area contributed by atoms with Crippen molar-refractivity contribution in [2.75, 3.05) is 0 Å². The number of aliphatic hydroxyl groups excluding tert-OH is 2. The summed E-state index contributed by atoms with van der Waals surface area (Å²) in [4.78, 5) is 11.5. The summed E-state index contributed by atoms with van der Waals surface area (Å²) in [5, 5.41) is 20.5. The van der Waals surface area contributed by atoms with Gasteiger partial charge in [-0.05, 0) is 51.5 Å². The second kappa shape index (κ2) is 10.3. The number of aliphatic hydroxyl groups is 2. The van der Waals surface area contributed by atoms with Crippen molar-refractivity contribution < 1.29 is 24.5 Å². The van der Waals surface area contributed by atoms with Crippen LogP contribution < -0.4 is 0 Å². The number of cyclic esters (lactones) is 1. The fourth-order valence-electron chi connectivity index (χ4n) is 3.71. The van der Waals surface area contributed by atoms with Crippen molar-refractivity contribution in [2.45, 2.75) is 109 Å². The normalized spacial score (nSPS) is 28.7. The largest absolute Gasteiger partial charge is 0.455 e. The van der Waals surface area contributed by atoms with Crippen LogP contribution in [0.1, 0.15) is 78.1 Å². The zero-order valence-electron chi connectivity index (χ0n) is 15.7. The molecular weight excluding hydrogens is 320 g/mol. The molecule has 0 aromatic carbocycles. The predicted molar refractivity (Wildman–Crippen MR) is 96.2 cm³/mol. The molecule has 0 bridgehead atoms. The topological polar surface area (TPSA) is 76.0 Å². The molecule has 2 aliphatic heterocycles. The average Bonchev–Trinajstić information content (AvgIpc) is 3.18. The molecule has 2 heterocycles. The van der Waals surface area contributed by atoms with E-state index in [9.17, 15) is 15.0 Å². The Kier molecular flexibility index (Phi) is 8.40. The van der Waals surface area contributed by atoms with Crippen molar-refractivity contribution in [1.29, 1.82) is 0 Å². The fraction of sp³-hybridized carbons (Fsp3) is 0.850. The molecular formula is C20H34O5. The Balaban J connectivity index is 1.61. The monoisotopic (exact) mass is 354 g/mol. The fourth-order valence-corrected chi connectivity index (χ4v) is 3.71. The van der Waals surface area contributed by atoms with Crippen LogP contribution in [0.2, 0.25) is 0 Å². The Morgan fingerprint density at radius 2 is 1.68 bits per heavy atom. The molecule has 5 atom stereocenters. The first kappa shape index (κ1) is 20.4. The van der Waals surface area contributed by atoms with Crippen LogP contribution >= 0.6 is 0 Å². The molecule has 0 aromatic heterocycles. The molecule has 0 aromatic rings. The Morgan fingerprint density at radius 1 is 1.08 bits per heavy atom. The molecule has 25 heavy (non-hydrogen) atoms. The first-order valence-corrected chi connectivity index (χ1v) is 9.94. The van der Waals surface area contributed by atoms with Gasteiger partial charge in [-0.3, -0.25) is 0 Å². The highest BCUT2D eigenvalue weighted by molar-refractivity contribution is 5.90. The molecule has 2 aliphatic rings. The van der Waals surface area contributed by atoms with Crippen LogP contribution in [0.3, 0.4) is 0 Å². The molecule has 0 aliphatic carbocycles. The lowest BCUT2D eigenvalue weighted by molar-refractivity contribution is -0.139. The van der Waals surface area contributed by atoms with Crippen LogP contribution in [-0.4, -0.2) is 46.7 Å². The van der Waals surface area contributed by atoms with Crippen LogP contribution in [0.5, 0.6) is 0 Å². The minimum Gasteiger partial charge on any atom is -0.455 e. The van der Waals surface area contributed by atoms with Crippen LogP contribution in [0.15, 0.2) is 11.6 Å². The van der Waals surface area contributed by atoms with Crippen molar-refractivity contribution in [3.8, 4) is 0 Å². The van der Waals surface area contributed by atoms with E-state index in [0.717, 1.165) is 56.9 Å². The predicted octanol–water partition coefficient (Wildman–Crippen LogP) is 3.27. The molecule has 2 rings (SSSR count). The summed E-state index contributed by atoms with van der Waals surface area (Å²) < 4.78 is 11.0. The van der Waals surface area contributed by atoms with Gasteiger partial charge >= 0.3 is 5.97 Å². The van der Waals surface area contributed by atoms with Gasteiger partial charge < -0.3 is 19.7 Å². The van der Waals surface area contributed by atoms with E-state index in [4.69, 9.17) is 9.47 Å². The van der Waals surface area contributed by atoms with Gasteiger partial charge in [0, 0.05) is 5.57 Å². The van der Waals surface area contributed by atoms with Gasteiger partial charge in [0.1, 0.15) is 6.10 Å². The second-order valence-corrected chi connectivity index (χ2v) is 7.47. The zero-order chi connectivity index (χ0) is 18.2. The van der Waals surface area contributed by atoms with Gasteiger partial charge in [-0.25, -0.2) is 4.79 Å². The van der Waals surface area contributed by atoms with E-state index in [2.05, 4.69) is 6.92 Å². The molecule has 5 heteroatoms. The molecule has 0 amide bonds. The maximum atomic E-state index is 11.5. The van der Waals surface area contributed by atoms with Crippen LogP contribution in [0.25, 0.3) is 0 Å². The van der Waals surface area contributed by atoms with E-state index in [1.165, 1.54) is 0 Å².